The fourth-order valence-electron chi connectivity index (χ4n) is 3.12. The minimum atomic E-state index is -4.28. The third-order valence-electron chi connectivity index (χ3n) is 4.51. The molecule has 1 heterocycles. The lowest BCUT2D eigenvalue weighted by molar-refractivity contribution is -0.113. The Labute approximate surface area is 189 Å². The fraction of sp³-hybridized carbons (Fsp3) is 0.273. The normalized spacial score (nSPS) is 19.6. The minimum absolute atomic E-state index is 0.0223. The summed E-state index contributed by atoms with van der Waals surface area (Å²) in [6.45, 7) is 3.77. The summed E-state index contributed by atoms with van der Waals surface area (Å²) in [6, 6.07) is 6.23. The van der Waals surface area contributed by atoms with Crippen LogP contribution in [0.15, 0.2) is 65.6 Å². The van der Waals surface area contributed by atoms with Crippen molar-refractivity contribution in [1.29, 1.82) is 0 Å². The second kappa shape index (κ2) is 10.4. The predicted octanol–water partition coefficient (Wildman–Crippen LogP) is 4.22. The van der Waals surface area contributed by atoms with Gasteiger partial charge in [-0.25, -0.2) is 4.98 Å². The Hall–Kier alpha value is -2.58. The molecule has 7 nitrogen and oxygen atoms in total. The van der Waals surface area contributed by atoms with Crippen LogP contribution in [0.25, 0.3) is 0 Å². The van der Waals surface area contributed by atoms with Crippen molar-refractivity contribution in [2.24, 2.45) is 0 Å². The molecule has 1 amide bonds. The van der Waals surface area contributed by atoms with Gasteiger partial charge in [0, 0.05) is 5.57 Å². The summed E-state index contributed by atoms with van der Waals surface area (Å²) in [7, 11) is -4.28. The molecule has 3 N–H and O–H groups in total. The first kappa shape index (κ1) is 24.1. The summed E-state index contributed by atoms with van der Waals surface area (Å²) in [6.07, 6.45) is 8.09. The number of halogens is 1. The summed E-state index contributed by atoms with van der Waals surface area (Å²) in [5, 5.41) is 2.31. The third kappa shape index (κ3) is 6.97. The number of carbonyl (C=O) groups is 1. The Bertz CT molecular complexity index is 1120. The standard InChI is InChI=1S/C22H24FN2O5PS/c1-14(2)30-18-11-16(10-15-6-8-19(9-7-15)31(27,28)29)4-3-5-17(12-18)21(26)25-22-24-13-20(23)32-22/h4,6-9,11-14H,3,5,10H2,1-2H3,(H,24,25,26)(H2,27,28,29)/b16-4-,17-12+,18-11+. The van der Waals surface area contributed by atoms with Gasteiger partial charge in [0.05, 0.1) is 17.6 Å². The number of nitrogens with one attached hydrogen (secondary N) is 1. The molecule has 0 atom stereocenters. The Morgan fingerprint density at radius 1 is 1.28 bits per heavy atom. The molecule has 0 saturated carbocycles. The highest BCUT2D eigenvalue weighted by Crippen LogP contribution is 2.33. The van der Waals surface area contributed by atoms with Crippen LogP contribution in [0.5, 0.6) is 0 Å². The van der Waals surface area contributed by atoms with E-state index in [4.69, 9.17) is 4.74 Å². The molecular formula is C22H24FN2O5PS. The molecule has 0 spiro atoms. The van der Waals surface area contributed by atoms with Crippen molar-refractivity contribution in [2.75, 3.05) is 5.32 Å². The van der Waals surface area contributed by atoms with E-state index in [-0.39, 0.29) is 22.4 Å². The lowest BCUT2D eigenvalue weighted by Gasteiger charge is -2.16. The Morgan fingerprint density at radius 2 is 2.00 bits per heavy atom. The highest BCUT2D eigenvalue weighted by molar-refractivity contribution is 7.60. The van der Waals surface area contributed by atoms with E-state index in [1.807, 2.05) is 26.0 Å². The average molecular weight is 478 g/mol. The SMILES string of the molecule is CC(C)OC1=C/C(Cc2ccc(P(=O)(O)O)cc2)=C\CC/C(C(=O)Nc2ncc(F)s2)=C\1. The molecule has 0 unspecified atom stereocenters. The summed E-state index contributed by atoms with van der Waals surface area (Å²) in [4.78, 5) is 35.0. The number of rotatable bonds is 7. The number of carbonyl (C=O) groups excluding carboxylic acids is 1. The van der Waals surface area contributed by atoms with E-state index in [0.29, 0.717) is 30.6 Å². The van der Waals surface area contributed by atoms with Gasteiger partial charge in [-0.3, -0.25) is 14.7 Å². The lowest BCUT2D eigenvalue weighted by atomic mass is 9.98. The number of allylic oxidation sites excluding steroid dienone is 4. The molecular weight excluding hydrogens is 454 g/mol. The van der Waals surface area contributed by atoms with Gasteiger partial charge in [-0.1, -0.05) is 29.5 Å². The molecule has 2 aromatic rings. The minimum Gasteiger partial charge on any atom is -0.491 e. The molecule has 10 heteroatoms. The van der Waals surface area contributed by atoms with Crippen molar-refractivity contribution < 1.29 is 28.3 Å². The van der Waals surface area contributed by atoms with Gasteiger partial charge in [-0.15, -0.1) is 0 Å². The number of nitrogens with zero attached hydrogens (tertiary/aromatic N) is 1. The molecule has 0 aliphatic heterocycles. The first-order valence-corrected chi connectivity index (χ1v) is 12.4. The van der Waals surface area contributed by atoms with E-state index >= 15 is 0 Å². The molecule has 0 fully saturated rings. The van der Waals surface area contributed by atoms with Crippen LogP contribution < -0.4 is 10.6 Å². The maximum absolute atomic E-state index is 13.2. The number of hydrogen-bond donors (Lipinski definition) is 3. The zero-order valence-corrected chi connectivity index (χ0v) is 19.3. The summed E-state index contributed by atoms with van der Waals surface area (Å²) >= 11 is 0.761. The Balaban J connectivity index is 1.80. The van der Waals surface area contributed by atoms with Crippen LogP contribution >= 0.6 is 18.9 Å². The number of ether oxygens (including phenoxy) is 1. The van der Waals surface area contributed by atoms with Crippen LogP contribution in [0.3, 0.4) is 0 Å². The highest BCUT2D eigenvalue weighted by Gasteiger charge is 2.17. The van der Waals surface area contributed by atoms with Gasteiger partial charge in [0.2, 0.25) is 0 Å². The molecule has 32 heavy (non-hydrogen) atoms. The number of amides is 1. The van der Waals surface area contributed by atoms with Gasteiger partial charge >= 0.3 is 7.60 Å². The van der Waals surface area contributed by atoms with E-state index in [9.17, 15) is 23.5 Å². The highest BCUT2D eigenvalue weighted by atomic mass is 32.1. The maximum atomic E-state index is 13.2. The first-order valence-electron chi connectivity index (χ1n) is 9.96. The molecule has 1 aromatic heterocycles. The van der Waals surface area contributed by atoms with Crippen molar-refractivity contribution in [2.45, 2.75) is 39.2 Å². The second-order valence-electron chi connectivity index (χ2n) is 7.51. The largest absolute Gasteiger partial charge is 0.491 e. The van der Waals surface area contributed by atoms with E-state index in [2.05, 4.69) is 10.3 Å². The number of hydrogen-bond acceptors (Lipinski definition) is 5. The fourth-order valence-corrected chi connectivity index (χ4v) is 4.19. The van der Waals surface area contributed by atoms with E-state index in [1.54, 1.807) is 18.2 Å². The summed E-state index contributed by atoms with van der Waals surface area (Å²) < 4.78 is 30.4. The number of anilines is 1. The molecule has 3 rings (SSSR count). The van der Waals surface area contributed by atoms with Crippen LogP contribution in [0.4, 0.5) is 9.52 Å². The van der Waals surface area contributed by atoms with Gasteiger partial charge in [0.25, 0.3) is 5.91 Å². The van der Waals surface area contributed by atoms with Crippen LogP contribution in [-0.4, -0.2) is 26.8 Å². The van der Waals surface area contributed by atoms with Gasteiger partial charge in [-0.05, 0) is 68.5 Å². The summed E-state index contributed by atoms with van der Waals surface area (Å²) in [5.74, 6) is 0.163. The molecule has 1 aromatic carbocycles. The molecule has 1 aliphatic rings. The van der Waals surface area contributed by atoms with Crippen LogP contribution in [0, 0.1) is 5.13 Å². The van der Waals surface area contributed by atoms with Crippen LogP contribution in [-0.2, 0) is 20.5 Å². The molecule has 0 bridgehead atoms. The molecule has 1 aliphatic carbocycles. The predicted molar refractivity (Wildman–Crippen MR) is 122 cm³/mol. The Kier molecular flexibility index (Phi) is 7.79. The monoisotopic (exact) mass is 478 g/mol. The maximum Gasteiger partial charge on any atom is 0.356 e. The van der Waals surface area contributed by atoms with Crippen LogP contribution in [0.2, 0.25) is 0 Å². The molecule has 0 saturated heterocycles. The molecule has 0 radical (unpaired) electrons. The van der Waals surface area contributed by atoms with Crippen molar-refractivity contribution in [3.8, 4) is 0 Å². The number of benzene rings is 1. The lowest BCUT2D eigenvalue weighted by Crippen LogP contribution is -2.16. The van der Waals surface area contributed by atoms with Gasteiger partial charge in [-0.2, -0.15) is 4.39 Å². The van der Waals surface area contributed by atoms with Crippen molar-refractivity contribution in [3.05, 3.63) is 76.3 Å². The Morgan fingerprint density at radius 3 is 2.59 bits per heavy atom. The van der Waals surface area contributed by atoms with E-state index < -0.39 is 12.7 Å². The van der Waals surface area contributed by atoms with Crippen LogP contribution in [0.1, 0.15) is 32.3 Å². The smallest absolute Gasteiger partial charge is 0.356 e. The van der Waals surface area contributed by atoms with E-state index in [1.165, 1.54) is 12.1 Å². The first-order chi connectivity index (χ1) is 15.1. The zero-order valence-electron chi connectivity index (χ0n) is 17.6. The quantitative estimate of drug-likeness (QED) is 0.514. The van der Waals surface area contributed by atoms with Crippen molar-refractivity contribution >= 4 is 35.3 Å². The van der Waals surface area contributed by atoms with Gasteiger partial charge < -0.3 is 14.5 Å². The summed E-state index contributed by atoms with van der Waals surface area (Å²) in [5.41, 5.74) is 2.35. The topological polar surface area (TPSA) is 109 Å². The van der Waals surface area contributed by atoms with Crippen molar-refractivity contribution in [1.82, 2.24) is 4.98 Å². The van der Waals surface area contributed by atoms with E-state index in [0.717, 1.165) is 28.7 Å². The third-order valence-corrected chi connectivity index (χ3v) is 6.18. The molecule has 170 valence electrons. The number of aromatic nitrogens is 1. The zero-order chi connectivity index (χ0) is 23.3. The van der Waals surface area contributed by atoms with Gasteiger partial charge in [0.15, 0.2) is 10.3 Å². The number of thiazole rings is 1. The van der Waals surface area contributed by atoms with Gasteiger partial charge in [0.1, 0.15) is 5.76 Å². The second-order valence-corrected chi connectivity index (χ2v) is 10.1. The average Bonchev–Trinajstić information content (AvgIpc) is 3.09. The van der Waals surface area contributed by atoms with Crippen molar-refractivity contribution in [3.63, 3.8) is 0 Å².